The van der Waals surface area contributed by atoms with Gasteiger partial charge in [-0.25, -0.2) is 0 Å². The van der Waals surface area contributed by atoms with Crippen LogP contribution in [0.25, 0.3) is 0 Å². The average molecular weight is 291 g/mol. The summed E-state index contributed by atoms with van der Waals surface area (Å²) >= 11 is 0. The van der Waals surface area contributed by atoms with Crippen LogP contribution in [0.4, 0.5) is 0 Å². The van der Waals surface area contributed by atoms with E-state index in [1.807, 2.05) is 24.3 Å². The van der Waals surface area contributed by atoms with Crippen LogP contribution < -0.4 is 15.4 Å². The molecule has 21 heavy (non-hydrogen) atoms. The molecule has 1 unspecified atom stereocenters. The molecule has 1 atom stereocenters. The van der Waals surface area contributed by atoms with E-state index in [4.69, 9.17) is 4.74 Å². The molecule has 5 heteroatoms. The van der Waals surface area contributed by atoms with Gasteiger partial charge in [0.15, 0.2) is 0 Å². The van der Waals surface area contributed by atoms with Crippen molar-refractivity contribution >= 4 is 5.91 Å². The Bertz CT molecular complexity index is 459. The van der Waals surface area contributed by atoms with Crippen molar-refractivity contribution in [3.63, 3.8) is 0 Å². The maximum Gasteiger partial charge on any atom is 0.234 e. The van der Waals surface area contributed by atoms with Crippen molar-refractivity contribution in [2.24, 2.45) is 0 Å². The van der Waals surface area contributed by atoms with Gasteiger partial charge in [0.1, 0.15) is 5.75 Å². The molecule has 1 aliphatic rings. The number of amides is 1. The van der Waals surface area contributed by atoms with Crippen molar-refractivity contribution in [1.82, 2.24) is 15.5 Å². The molecule has 0 bridgehead atoms. The van der Waals surface area contributed by atoms with Crippen LogP contribution in [0.15, 0.2) is 24.3 Å². The number of ether oxygens (including phenoxy) is 1. The summed E-state index contributed by atoms with van der Waals surface area (Å²) in [5.41, 5.74) is 1.05. The molecule has 5 nitrogen and oxygen atoms in total. The van der Waals surface area contributed by atoms with Crippen LogP contribution >= 0.6 is 0 Å². The summed E-state index contributed by atoms with van der Waals surface area (Å²) < 4.78 is 5.18. The van der Waals surface area contributed by atoms with E-state index in [1.54, 1.807) is 7.11 Å². The molecule has 1 heterocycles. The Kier molecular flexibility index (Phi) is 6.02. The van der Waals surface area contributed by atoms with Gasteiger partial charge in [0.05, 0.1) is 13.7 Å². The van der Waals surface area contributed by atoms with Crippen LogP contribution in [0, 0.1) is 0 Å². The van der Waals surface area contributed by atoms with E-state index in [1.165, 1.54) is 0 Å². The number of benzene rings is 1. The fourth-order valence-corrected chi connectivity index (χ4v) is 2.67. The molecular weight excluding hydrogens is 266 g/mol. The highest BCUT2D eigenvalue weighted by Crippen LogP contribution is 2.12. The Morgan fingerprint density at radius 1 is 1.52 bits per heavy atom. The zero-order chi connectivity index (χ0) is 15.1. The van der Waals surface area contributed by atoms with E-state index < -0.39 is 0 Å². The third kappa shape index (κ3) is 4.72. The number of nitrogens with one attached hydrogen (secondary N) is 2. The van der Waals surface area contributed by atoms with Gasteiger partial charge in [-0.1, -0.05) is 19.1 Å². The summed E-state index contributed by atoms with van der Waals surface area (Å²) in [4.78, 5) is 14.3. The number of rotatable bonds is 7. The van der Waals surface area contributed by atoms with Crippen LogP contribution in [0.1, 0.15) is 18.9 Å². The zero-order valence-electron chi connectivity index (χ0n) is 12.9. The Hall–Kier alpha value is -1.59. The van der Waals surface area contributed by atoms with Crippen LogP contribution in [-0.2, 0) is 11.3 Å². The fourth-order valence-electron chi connectivity index (χ4n) is 2.67. The molecule has 0 aromatic heterocycles. The molecule has 1 amide bonds. The molecule has 2 N–H and O–H groups in total. The van der Waals surface area contributed by atoms with Gasteiger partial charge in [0.2, 0.25) is 5.91 Å². The molecule has 1 aromatic rings. The lowest BCUT2D eigenvalue weighted by Crippen LogP contribution is -2.43. The second kappa shape index (κ2) is 8.00. The maximum atomic E-state index is 12.1. The molecular formula is C16H25N3O2. The number of carbonyl (C=O) groups is 1. The molecule has 1 aromatic carbocycles. The van der Waals surface area contributed by atoms with Gasteiger partial charge < -0.3 is 15.4 Å². The van der Waals surface area contributed by atoms with Crippen LogP contribution in [0.2, 0.25) is 0 Å². The van der Waals surface area contributed by atoms with E-state index in [0.29, 0.717) is 19.1 Å². The summed E-state index contributed by atoms with van der Waals surface area (Å²) in [6.07, 6.45) is 1.12. The highest BCUT2D eigenvalue weighted by molar-refractivity contribution is 5.78. The second-order valence-corrected chi connectivity index (χ2v) is 5.34. The lowest BCUT2D eigenvalue weighted by Gasteiger charge is -2.26. The first-order chi connectivity index (χ1) is 10.2. The summed E-state index contributed by atoms with van der Waals surface area (Å²) in [5, 5.41) is 6.33. The van der Waals surface area contributed by atoms with Crippen molar-refractivity contribution in [3.8, 4) is 5.75 Å². The Morgan fingerprint density at radius 3 is 3.05 bits per heavy atom. The first-order valence-corrected chi connectivity index (χ1v) is 7.57. The Balaban J connectivity index is 1.80. The predicted molar refractivity (Wildman–Crippen MR) is 83.4 cm³/mol. The summed E-state index contributed by atoms with van der Waals surface area (Å²) in [6.45, 7) is 6.04. The minimum Gasteiger partial charge on any atom is -0.497 e. The number of likely N-dealkylation sites (N-methyl/N-ethyl adjacent to an activating group) is 1. The van der Waals surface area contributed by atoms with Gasteiger partial charge in [-0.15, -0.1) is 0 Å². The van der Waals surface area contributed by atoms with E-state index in [9.17, 15) is 4.79 Å². The standard InChI is InChI=1S/C16H25N3O2/c1-3-19(14-7-8-17-11-14)12-16(20)18-10-13-5-4-6-15(9-13)21-2/h4-6,9,14,17H,3,7-8,10-12H2,1-2H3,(H,18,20). The lowest BCUT2D eigenvalue weighted by atomic mass is 10.2. The molecule has 1 aliphatic heterocycles. The number of nitrogens with zero attached hydrogens (tertiary/aromatic N) is 1. The summed E-state index contributed by atoms with van der Waals surface area (Å²) in [7, 11) is 1.65. The van der Waals surface area contributed by atoms with Gasteiger partial charge in [-0.05, 0) is 37.2 Å². The lowest BCUT2D eigenvalue weighted by molar-refractivity contribution is -0.122. The Morgan fingerprint density at radius 2 is 2.38 bits per heavy atom. The molecule has 1 fully saturated rings. The van der Waals surface area contributed by atoms with Crippen molar-refractivity contribution in [3.05, 3.63) is 29.8 Å². The predicted octanol–water partition coefficient (Wildman–Crippen LogP) is 0.995. The normalized spacial score (nSPS) is 18.0. The first kappa shape index (κ1) is 15.8. The zero-order valence-corrected chi connectivity index (χ0v) is 12.9. The largest absolute Gasteiger partial charge is 0.497 e. The fraction of sp³-hybridized carbons (Fsp3) is 0.562. The number of carbonyl (C=O) groups excluding carboxylic acids is 1. The van der Waals surface area contributed by atoms with Gasteiger partial charge >= 0.3 is 0 Å². The number of hydrogen-bond donors (Lipinski definition) is 2. The van der Waals surface area contributed by atoms with Gasteiger partial charge in [-0.2, -0.15) is 0 Å². The number of hydrogen-bond acceptors (Lipinski definition) is 4. The van der Waals surface area contributed by atoms with Crippen molar-refractivity contribution < 1.29 is 9.53 Å². The van der Waals surface area contributed by atoms with E-state index >= 15 is 0 Å². The number of methoxy groups -OCH3 is 1. The van der Waals surface area contributed by atoms with E-state index in [2.05, 4.69) is 22.5 Å². The summed E-state index contributed by atoms with van der Waals surface area (Å²) in [6, 6.07) is 8.25. The molecule has 0 spiro atoms. The smallest absolute Gasteiger partial charge is 0.234 e. The highest BCUT2D eigenvalue weighted by atomic mass is 16.5. The first-order valence-electron chi connectivity index (χ1n) is 7.57. The maximum absolute atomic E-state index is 12.1. The monoisotopic (exact) mass is 291 g/mol. The van der Waals surface area contributed by atoms with Crippen molar-refractivity contribution in [2.75, 3.05) is 33.3 Å². The van der Waals surface area contributed by atoms with E-state index in [-0.39, 0.29) is 5.91 Å². The quantitative estimate of drug-likeness (QED) is 0.787. The second-order valence-electron chi connectivity index (χ2n) is 5.34. The van der Waals surface area contributed by atoms with Crippen LogP contribution in [0.3, 0.4) is 0 Å². The van der Waals surface area contributed by atoms with E-state index in [0.717, 1.165) is 37.4 Å². The van der Waals surface area contributed by atoms with Gasteiger partial charge in [0.25, 0.3) is 0 Å². The average Bonchev–Trinajstić information content (AvgIpc) is 3.05. The van der Waals surface area contributed by atoms with Crippen molar-refractivity contribution in [2.45, 2.75) is 25.9 Å². The molecule has 1 saturated heterocycles. The third-order valence-electron chi connectivity index (χ3n) is 3.93. The molecule has 0 aliphatic carbocycles. The minimum absolute atomic E-state index is 0.0755. The summed E-state index contributed by atoms with van der Waals surface area (Å²) in [5.74, 6) is 0.889. The molecule has 0 radical (unpaired) electrons. The Labute approximate surface area is 126 Å². The van der Waals surface area contributed by atoms with Crippen molar-refractivity contribution in [1.29, 1.82) is 0 Å². The van der Waals surface area contributed by atoms with Gasteiger partial charge in [-0.3, -0.25) is 9.69 Å². The molecule has 116 valence electrons. The SMILES string of the molecule is CCN(CC(=O)NCc1cccc(OC)c1)C1CCNC1. The minimum atomic E-state index is 0.0755. The van der Waals surface area contributed by atoms with Crippen LogP contribution in [-0.4, -0.2) is 50.1 Å². The van der Waals surface area contributed by atoms with Gasteiger partial charge in [0, 0.05) is 19.1 Å². The topological polar surface area (TPSA) is 53.6 Å². The highest BCUT2D eigenvalue weighted by Gasteiger charge is 2.22. The third-order valence-corrected chi connectivity index (χ3v) is 3.93. The molecule has 0 saturated carbocycles. The van der Waals surface area contributed by atoms with Crippen LogP contribution in [0.5, 0.6) is 5.75 Å². The molecule has 2 rings (SSSR count).